The van der Waals surface area contributed by atoms with Gasteiger partial charge < -0.3 is 0 Å². The maximum Gasteiger partial charge on any atom is 0.257 e. The fourth-order valence-electron chi connectivity index (χ4n) is 5.25. The highest BCUT2D eigenvalue weighted by Crippen LogP contribution is 2.27. The average Bonchev–Trinajstić information content (AvgIpc) is 3.05. The Bertz CT molecular complexity index is 2070. The van der Waals surface area contributed by atoms with Crippen molar-refractivity contribution in [1.82, 2.24) is 0 Å². The minimum absolute atomic E-state index is 0.186. The Hall–Kier alpha value is -5.13. The van der Waals surface area contributed by atoms with Crippen molar-refractivity contribution < 1.29 is 43.9 Å². The zero-order valence-electron chi connectivity index (χ0n) is 22.4. The van der Waals surface area contributed by atoms with Gasteiger partial charge in [0.2, 0.25) is 0 Å². The number of halogens is 10. The molecule has 0 fully saturated rings. The highest BCUT2D eigenvalue weighted by molar-refractivity contribution is 6.96. The summed E-state index contributed by atoms with van der Waals surface area (Å²) in [6.45, 7) is -2.70. The monoisotopic (exact) mass is 625 g/mol. The van der Waals surface area contributed by atoms with Crippen molar-refractivity contribution in [1.29, 1.82) is 0 Å². The molecular formula is C33H14BF10N. The van der Waals surface area contributed by atoms with Gasteiger partial charge in [-0.1, -0.05) is 60.1 Å². The van der Waals surface area contributed by atoms with Gasteiger partial charge in [0, 0.05) is 17.1 Å². The van der Waals surface area contributed by atoms with Gasteiger partial charge in [0.15, 0.2) is 58.2 Å². The molecule has 6 aromatic carbocycles. The Kier molecular flexibility index (Phi) is 7.60. The third-order valence-electron chi connectivity index (χ3n) is 7.41. The lowest BCUT2D eigenvalue weighted by Gasteiger charge is -2.21. The standard InChI is InChI=1S/C33H14BF10N/c35-24-22(25(36)29(40)32(43)28(24)39)34(23-26(37)30(41)33(44)31(42)27(23)38)21-8-4-3-7-18(21)14-45-20-10-9-17-11-15-5-1-2-6-16(15)12-19(17)13-20/h1-14H. The van der Waals surface area contributed by atoms with Crippen LogP contribution in [0.4, 0.5) is 49.6 Å². The molecule has 12 heteroatoms. The van der Waals surface area contributed by atoms with Crippen molar-refractivity contribution in [3.05, 3.63) is 143 Å². The molecule has 0 radical (unpaired) electrons. The molecule has 1 nitrogen and oxygen atoms in total. The Morgan fingerprint density at radius 1 is 0.422 bits per heavy atom. The second kappa shape index (κ2) is 11.4. The highest BCUT2D eigenvalue weighted by Gasteiger charge is 2.41. The molecule has 0 aromatic heterocycles. The second-order valence-corrected chi connectivity index (χ2v) is 10.0. The van der Waals surface area contributed by atoms with E-state index in [0.29, 0.717) is 5.69 Å². The predicted molar refractivity (Wildman–Crippen MR) is 152 cm³/mol. The van der Waals surface area contributed by atoms with E-state index in [4.69, 9.17) is 0 Å². The van der Waals surface area contributed by atoms with Gasteiger partial charge in [-0.2, -0.15) is 0 Å². The van der Waals surface area contributed by atoms with E-state index in [1.54, 1.807) is 18.2 Å². The largest absolute Gasteiger partial charge is 0.257 e. The first kappa shape index (κ1) is 29.9. The van der Waals surface area contributed by atoms with Crippen molar-refractivity contribution in [3.8, 4) is 0 Å². The number of hydrogen-bond acceptors (Lipinski definition) is 1. The van der Waals surface area contributed by atoms with Crippen LogP contribution in [0, 0.1) is 58.2 Å². The van der Waals surface area contributed by atoms with Gasteiger partial charge in [-0.05, 0) is 51.4 Å². The van der Waals surface area contributed by atoms with Crippen LogP contribution in [0.3, 0.4) is 0 Å². The minimum atomic E-state index is -2.70. The maximum absolute atomic E-state index is 15.1. The number of aliphatic imine (C=N–C) groups is 1. The molecule has 6 aromatic rings. The van der Waals surface area contributed by atoms with E-state index in [-0.39, 0.29) is 5.56 Å². The van der Waals surface area contributed by atoms with E-state index in [1.165, 1.54) is 18.2 Å². The van der Waals surface area contributed by atoms with E-state index < -0.39 is 81.3 Å². The van der Waals surface area contributed by atoms with Crippen molar-refractivity contribution >= 4 is 56.5 Å². The van der Waals surface area contributed by atoms with E-state index in [1.807, 2.05) is 36.4 Å². The van der Waals surface area contributed by atoms with Crippen molar-refractivity contribution in [2.45, 2.75) is 0 Å². The van der Waals surface area contributed by atoms with Crippen molar-refractivity contribution in [2.24, 2.45) is 4.99 Å². The molecule has 0 unspecified atom stereocenters. The Balaban J connectivity index is 1.57. The summed E-state index contributed by atoms with van der Waals surface area (Å²) in [5, 5.41) is 3.57. The molecule has 0 bridgehead atoms. The molecule has 0 atom stereocenters. The Labute approximate surface area is 248 Å². The van der Waals surface area contributed by atoms with Crippen LogP contribution in [-0.2, 0) is 0 Å². The smallest absolute Gasteiger partial charge is 0.256 e. The van der Waals surface area contributed by atoms with Gasteiger partial charge in [0.1, 0.15) is 0 Å². The number of hydrogen-bond donors (Lipinski definition) is 0. The number of nitrogens with zero attached hydrogens (tertiary/aromatic N) is 1. The Morgan fingerprint density at radius 2 is 0.844 bits per heavy atom. The molecular weight excluding hydrogens is 611 g/mol. The molecule has 0 saturated carbocycles. The van der Waals surface area contributed by atoms with E-state index >= 15 is 17.6 Å². The summed E-state index contributed by atoms with van der Waals surface area (Å²) < 4.78 is 146. The molecule has 0 saturated heterocycles. The zero-order chi connectivity index (χ0) is 32.2. The summed E-state index contributed by atoms with van der Waals surface area (Å²) >= 11 is 0. The summed E-state index contributed by atoms with van der Waals surface area (Å²) in [4.78, 5) is 4.31. The van der Waals surface area contributed by atoms with E-state index in [2.05, 4.69) is 4.99 Å². The van der Waals surface area contributed by atoms with Gasteiger partial charge in [0.05, 0.1) is 5.69 Å². The van der Waals surface area contributed by atoms with Gasteiger partial charge in [0.25, 0.3) is 6.71 Å². The zero-order valence-corrected chi connectivity index (χ0v) is 22.4. The van der Waals surface area contributed by atoms with Crippen molar-refractivity contribution in [3.63, 3.8) is 0 Å². The fourth-order valence-corrected chi connectivity index (χ4v) is 5.25. The quantitative estimate of drug-likeness (QED) is 0.0467. The van der Waals surface area contributed by atoms with Crippen LogP contribution in [0.1, 0.15) is 5.56 Å². The molecule has 0 aliphatic carbocycles. The number of fused-ring (bicyclic) bond motifs is 2. The lowest BCUT2D eigenvalue weighted by atomic mass is 9.35. The number of benzene rings is 6. The first-order valence-corrected chi connectivity index (χ1v) is 13.1. The molecule has 0 amide bonds. The van der Waals surface area contributed by atoms with Crippen LogP contribution in [0.25, 0.3) is 21.5 Å². The highest BCUT2D eigenvalue weighted by atomic mass is 19.2. The Morgan fingerprint density at radius 3 is 1.38 bits per heavy atom. The SMILES string of the molecule is Fc1c(F)c(F)c(B(c2ccccc2C=Nc2ccc3cc4ccccc4cc3c2)c2c(F)c(F)c(F)c(F)c2F)c(F)c1F. The summed E-state index contributed by atoms with van der Waals surface area (Å²) in [5.41, 5.74) is -4.08. The normalized spacial score (nSPS) is 11.7. The lowest BCUT2D eigenvalue weighted by molar-refractivity contribution is 0.382. The van der Waals surface area contributed by atoms with Crippen LogP contribution in [0.15, 0.2) is 83.9 Å². The second-order valence-electron chi connectivity index (χ2n) is 10.0. The molecule has 45 heavy (non-hydrogen) atoms. The van der Waals surface area contributed by atoms with Crippen LogP contribution >= 0.6 is 0 Å². The van der Waals surface area contributed by atoms with Crippen LogP contribution in [-0.4, -0.2) is 12.9 Å². The van der Waals surface area contributed by atoms with Crippen LogP contribution < -0.4 is 16.4 Å². The fraction of sp³-hybridized carbons (Fsp3) is 0. The van der Waals surface area contributed by atoms with Crippen LogP contribution in [0.5, 0.6) is 0 Å². The first-order chi connectivity index (χ1) is 21.5. The molecule has 0 N–H and O–H groups in total. The molecule has 0 heterocycles. The molecule has 6 rings (SSSR count). The van der Waals surface area contributed by atoms with Gasteiger partial charge >= 0.3 is 0 Å². The van der Waals surface area contributed by atoms with Gasteiger partial charge in [-0.15, -0.1) is 0 Å². The van der Waals surface area contributed by atoms with E-state index in [0.717, 1.165) is 33.8 Å². The maximum atomic E-state index is 15.1. The van der Waals surface area contributed by atoms with Gasteiger partial charge in [-0.3, -0.25) is 4.99 Å². The van der Waals surface area contributed by atoms with Crippen molar-refractivity contribution in [2.75, 3.05) is 0 Å². The lowest BCUT2D eigenvalue weighted by Crippen LogP contribution is -2.59. The van der Waals surface area contributed by atoms with Crippen LogP contribution in [0.2, 0.25) is 0 Å². The number of rotatable bonds is 5. The molecule has 0 spiro atoms. The third-order valence-corrected chi connectivity index (χ3v) is 7.41. The first-order valence-electron chi connectivity index (χ1n) is 13.1. The summed E-state index contributed by atoms with van der Waals surface area (Å²) in [6.07, 6.45) is 1.07. The minimum Gasteiger partial charge on any atom is -0.256 e. The molecule has 0 aliphatic heterocycles. The average molecular weight is 625 g/mol. The van der Waals surface area contributed by atoms with E-state index in [9.17, 15) is 26.3 Å². The molecule has 224 valence electrons. The topological polar surface area (TPSA) is 12.4 Å². The summed E-state index contributed by atoms with van der Waals surface area (Å²) in [6, 6.07) is 21.2. The third kappa shape index (κ3) is 4.99. The van der Waals surface area contributed by atoms with Gasteiger partial charge in [-0.25, -0.2) is 43.9 Å². The molecule has 0 aliphatic rings. The summed E-state index contributed by atoms with van der Waals surface area (Å²) in [5.74, 6) is -25.2. The summed E-state index contributed by atoms with van der Waals surface area (Å²) in [7, 11) is 0. The predicted octanol–water partition coefficient (Wildman–Crippen LogP) is 7.65.